The molecule has 1 amide bonds. The Hall–Kier alpha value is -3.66. The Bertz CT molecular complexity index is 1330. The van der Waals surface area contributed by atoms with Crippen LogP contribution in [0.2, 0.25) is 5.02 Å². The number of carbonyl (C=O) groups is 1. The highest BCUT2D eigenvalue weighted by molar-refractivity contribution is 6.30. The maximum atomic E-state index is 13.5. The molecule has 1 aromatic carbocycles. The van der Waals surface area contributed by atoms with Gasteiger partial charge in [-0.25, -0.2) is 4.39 Å². The summed E-state index contributed by atoms with van der Waals surface area (Å²) in [6.45, 7) is 4.35. The van der Waals surface area contributed by atoms with Crippen LogP contribution < -0.4 is 14.8 Å². The van der Waals surface area contributed by atoms with E-state index in [1.807, 2.05) is 25.3 Å². The molecule has 9 nitrogen and oxygen atoms in total. The van der Waals surface area contributed by atoms with Gasteiger partial charge in [0, 0.05) is 30.3 Å². The number of halogens is 2. The monoisotopic (exact) mass is 515 g/mol. The molecule has 3 heterocycles. The van der Waals surface area contributed by atoms with E-state index >= 15 is 0 Å². The lowest BCUT2D eigenvalue weighted by Gasteiger charge is -2.25. The highest BCUT2D eigenvalue weighted by atomic mass is 35.5. The summed E-state index contributed by atoms with van der Waals surface area (Å²) in [5.41, 5.74) is 1.30. The molecule has 0 aliphatic carbocycles. The molecule has 0 spiro atoms. The molecule has 3 aromatic heterocycles. The lowest BCUT2D eigenvalue weighted by atomic mass is 9.82. The number of aromatic amines is 1. The molecule has 4 aromatic rings. The third kappa shape index (κ3) is 6.31. The van der Waals surface area contributed by atoms with E-state index in [0.717, 1.165) is 29.9 Å². The van der Waals surface area contributed by atoms with E-state index in [2.05, 4.69) is 32.4 Å². The highest BCUT2D eigenvalue weighted by Crippen LogP contribution is 2.31. The fourth-order valence-corrected chi connectivity index (χ4v) is 3.95. The quantitative estimate of drug-likeness (QED) is 0.274. The van der Waals surface area contributed by atoms with Gasteiger partial charge < -0.3 is 24.2 Å². The number of hydrogen-bond acceptors (Lipinski definition) is 7. The molecule has 0 aliphatic heterocycles. The molecule has 4 rings (SSSR count). The van der Waals surface area contributed by atoms with E-state index in [4.69, 9.17) is 25.5 Å². The second-order valence-electron chi connectivity index (χ2n) is 8.65. The van der Waals surface area contributed by atoms with E-state index < -0.39 is 11.2 Å². The van der Waals surface area contributed by atoms with Gasteiger partial charge in [0.15, 0.2) is 13.2 Å². The van der Waals surface area contributed by atoms with Crippen molar-refractivity contribution in [3.8, 4) is 11.5 Å². The molecule has 1 unspecified atom stereocenters. The topological polar surface area (TPSA) is 115 Å². The number of hydrogen-bond donors (Lipinski definition) is 2. The number of H-pyrrole nitrogens is 1. The second kappa shape index (κ2) is 11.4. The molecule has 0 saturated heterocycles. The van der Waals surface area contributed by atoms with E-state index in [1.165, 1.54) is 12.1 Å². The molecule has 190 valence electrons. The summed E-state index contributed by atoms with van der Waals surface area (Å²) in [4.78, 5) is 19.6. The van der Waals surface area contributed by atoms with Gasteiger partial charge in [0.1, 0.15) is 17.3 Å². The van der Waals surface area contributed by atoms with Crippen LogP contribution in [0.25, 0.3) is 11.0 Å². The van der Waals surface area contributed by atoms with Gasteiger partial charge in [0.2, 0.25) is 5.89 Å². The maximum absolute atomic E-state index is 13.5. The summed E-state index contributed by atoms with van der Waals surface area (Å²) in [6.07, 6.45) is 5.73. The summed E-state index contributed by atoms with van der Waals surface area (Å²) in [5, 5.41) is 11.2. The van der Waals surface area contributed by atoms with E-state index in [1.54, 1.807) is 6.20 Å². The molecule has 0 aliphatic rings. The van der Waals surface area contributed by atoms with Gasteiger partial charge in [0.25, 0.3) is 11.8 Å². The molecule has 0 radical (unpaired) electrons. The van der Waals surface area contributed by atoms with Crippen LogP contribution in [-0.2, 0) is 16.8 Å². The van der Waals surface area contributed by atoms with E-state index in [0.29, 0.717) is 30.5 Å². The summed E-state index contributed by atoms with van der Waals surface area (Å²) in [6, 6.07) is 7.76. The summed E-state index contributed by atoms with van der Waals surface area (Å²) >= 11 is 5.66. The lowest BCUT2D eigenvalue weighted by Crippen LogP contribution is -2.34. The minimum Gasteiger partial charge on any atom is -0.484 e. The Balaban J connectivity index is 1.28. The van der Waals surface area contributed by atoms with Crippen LogP contribution in [-0.4, -0.2) is 39.2 Å². The number of pyridine rings is 1. The van der Waals surface area contributed by atoms with Crippen LogP contribution >= 0.6 is 11.6 Å². The molecule has 0 bridgehead atoms. The SMILES string of the molecule is CCCC(C)(CCNC(=O)COc1ccc(Cl)c(F)c1)c1nnc(COc2cnc3cc[nH]c3c2)o1. The van der Waals surface area contributed by atoms with Crippen molar-refractivity contribution in [2.75, 3.05) is 13.2 Å². The first kappa shape index (κ1) is 25.4. The normalized spacial score (nSPS) is 12.9. The Morgan fingerprint density at radius 1 is 1.19 bits per heavy atom. The van der Waals surface area contributed by atoms with Gasteiger partial charge in [-0.1, -0.05) is 31.9 Å². The van der Waals surface area contributed by atoms with Crippen LogP contribution in [0.4, 0.5) is 4.39 Å². The second-order valence-corrected chi connectivity index (χ2v) is 9.05. The molecule has 2 N–H and O–H groups in total. The standard InChI is InChI=1S/C25H27ClFN5O4/c1-3-7-25(2,8-10-29-22(33)14-34-16-4-5-18(26)19(27)11-16)24-32-31-23(36-24)15-35-17-12-21-20(30-13-17)6-9-28-21/h4-6,9,11-13,28H,3,7-8,10,14-15H2,1-2H3,(H,29,33). The van der Waals surface area contributed by atoms with Crippen molar-refractivity contribution in [1.29, 1.82) is 0 Å². The van der Waals surface area contributed by atoms with Crippen LogP contribution in [0.3, 0.4) is 0 Å². The number of nitrogens with zero attached hydrogens (tertiary/aromatic N) is 3. The van der Waals surface area contributed by atoms with Gasteiger partial charge >= 0.3 is 0 Å². The molecule has 1 atom stereocenters. The van der Waals surface area contributed by atoms with Crippen molar-refractivity contribution >= 4 is 28.5 Å². The number of nitrogens with one attached hydrogen (secondary N) is 2. The average molecular weight is 516 g/mol. The Kier molecular flexibility index (Phi) is 8.04. The summed E-state index contributed by atoms with van der Waals surface area (Å²) in [5.74, 6) is 0.734. The van der Waals surface area contributed by atoms with Crippen LogP contribution in [0, 0.1) is 5.82 Å². The van der Waals surface area contributed by atoms with Crippen molar-refractivity contribution in [2.24, 2.45) is 0 Å². The highest BCUT2D eigenvalue weighted by Gasteiger charge is 2.32. The third-order valence-electron chi connectivity index (χ3n) is 5.78. The Labute approximate surface area is 212 Å². The van der Waals surface area contributed by atoms with Crippen molar-refractivity contribution in [1.82, 2.24) is 25.5 Å². The molecule has 0 saturated carbocycles. The molecule has 36 heavy (non-hydrogen) atoms. The van der Waals surface area contributed by atoms with Gasteiger partial charge in [0.05, 0.1) is 22.3 Å². The summed E-state index contributed by atoms with van der Waals surface area (Å²) in [7, 11) is 0. The number of ether oxygens (including phenoxy) is 2. The fraction of sp³-hybridized carbons (Fsp3) is 0.360. The van der Waals surface area contributed by atoms with Gasteiger partial charge in [-0.2, -0.15) is 0 Å². The predicted octanol–water partition coefficient (Wildman–Crippen LogP) is 4.96. The number of fused-ring (bicyclic) bond motifs is 1. The van der Waals surface area contributed by atoms with E-state index in [-0.39, 0.29) is 29.9 Å². The first-order valence-corrected chi connectivity index (χ1v) is 12.0. The molecule has 0 fully saturated rings. The third-order valence-corrected chi connectivity index (χ3v) is 6.09. The van der Waals surface area contributed by atoms with E-state index in [9.17, 15) is 9.18 Å². The molecular formula is C25H27ClFN5O4. The Morgan fingerprint density at radius 2 is 2.06 bits per heavy atom. The van der Waals surface area contributed by atoms with Crippen molar-refractivity contribution < 1.29 is 23.1 Å². The van der Waals surface area contributed by atoms with Crippen molar-refractivity contribution in [2.45, 2.75) is 45.1 Å². The number of aromatic nitrogens is 4. The van der Waals surface area contributed by atoms with Crippen LogP contribution in [0.5, 0.6) is 11.5 Å². The van der Waals surface area contributed by atoms with Gasteiger partial charge in [-0.05, 0) is 31.0 Å². The summed E-state index contributed by atoms with van der Waals surface area (Å²) < 4.78 is 30.5. The zero-order valence-electron chi connectivity index (χ0n) is 20.0. The van der Waals surface area contributed by atoms with Crippen molar-refractivity contribution in [3.05, 3.63) is 65.3 Å². The minimum absolute atomic E-state index is 0.00662. The van der Waals surface area contributed by atoms with Crippen LogP contribution in [0.1, 0.15) is 44.9 Å². The fourth-order valence-electron chi connectivity index (χ4n) is 3.83. The predicted molar refractivity (Wildman–Crippen MR) is 132 cm³/mol. The number of carbonyl (C=O) groups excluding carboxylic acids is 1. The maximum Gasteiger partial charge on any atom is 0.257 e. The molecular weight excluding hydrogens is 489 g/mol. The first-order valence-electron chi connectivity index (χ1n) is 11.6. The zero-order valence-corrected chi connectivity index (χ0v) is 20.8. The number of rotatable bonds is 12. The lowest BCUT2D eigenvalue weighted by molar-refractivity contribution is -0.123. The zero-order chi connectivity index (χ0) is 25.5. The number of benzene rings is 1. The van der Waals surface area contributed by atoms with Crippen molar-refractivity contribution in [3.63, 3.8) is 0 Å². The van der Waals surface area contributed by atoms with Gasteiger partial charge in [-0.15, -0.1) is 10.2 Å². The minimum atomic E-state index is -0.604. The Morgan fingerprint density at radius 3 is 2.86 bits per heavy atom. The number of amides is 1. The largest absolute Gasteiger partial charge is 0.484 e. The molecule has 11 heteroatoms. The van der Waals surface area contributed by atoms with Gasteiger partial charge in [-0.3, -0.25) is 9.78 Å². The first-order chi connectivity index (χ1) is 17.4. The smallest absolute Gasteiger partial charge is 0.257 e. The average Bonchev–Trinajstić information content (AvgIpc) is 3.53. The van der Waals surface area contributed by atoms with Crippen LogP contribution in [0.15, 0.2) is 47.1 Å².